The molecule has 10 heteroatoms. The Bertz CT molecular complexity index is 1010. The molecule has 0 aromatic heterocycles. The van der Waals surface area contributed by atoms with Crippen LogP contribution in [0.4, 0.5) is 0 Å². The molecular weight excluding hydrogens is 691 g/mol. The zero-order chi connectivity index (χ0) is 38.9. The summed E-state index contributed by atoms with van der Waals surface area (Å²) in [6, 6.07) is 0. The molecule has 0 radical (unpaired) electrons. The zero-order valence-electron chi connectivity index (χ0n) is 33.5. The number of aliphatic hydroxyl groups is 2. The number of allylic oxidation sites excluding steroid dienone is 10. The van der Waals surface area contributed by atoms with Gasteiger partial charge in [0.05, 0.1) is 26.4 Å². The minimum absolute atomic E-state index is 0.0354. The second-order valence-electron chi connectivity index (χ2n) is 13.6. The van der Waals surface area contributed by atoms with Crippen molar-refractivity contribution < 1.29 is 43.0 Å². The van der Waals surface area contributed by atoms with Crippen LogP contribution in [0, 0.1) is 0 Å². The predicted octanol–water partition coefficient (Wildman–Crippen LogP) is 11.2. The van der Waals surface area contributed by atoms with Gasteiger partial charge in [0, 0.05) is 13.0 Å². The maximum Gasteiger partial charge on any atom is 0.472 e. The lowest BCUT2D eigenvalue weighted by Gasteiger charge is -2.20. The van der Waals surface area contributed by atoms with E-state index in [1.54, 1.807) is 0 Å². The van der Waals surface area contributed by atoms with Gasteiger partial charge in [-0.1, -0.05) is 145 Å². The van der Waals surface area contributed by atoms with Crippen LogP contribution in [-0.2, 0) is 27.9 Å². The number of hydrogen-bond donors (Lipinski definition) is 3. The highest BCUT2D eigenvalue weighted by molar-refractivity contribution is 7.47. The number of unbranched alkanes of at least 4 members (excludes halogenated alkanes) is 15. The molecule has 308 valence electrons. The number of phosphoric ester groups is 1. The molecule has 9 nitrogen and oxygen atoms in total. The van der Waals surface area contributed by atoms with Crippen LogP contribution in [0.2, 0.25) is 0 Å². The van der Waals surface area contributed by atoms with E-state index < -0.39 is 39.2 Å². The number of esters is 1. The maximum atomic E-state index is 12.6. The van der Waals surface area contributed by atoms with Crippen LogP contribution in [0.5, 0.6) is 0 Å². The minimum atomic E-state index is -4.52. The number of aliphatic hydroxyl groups excluding tert-OH is 2. The van der Waals surface area contributed by atoms with Crippen molar-refractivity contribution in [1.29, 1.82) is 0 Å². The smallest absolute Gasteiger partial charge is 0.457 e. The van der Waals surface area contributed by atoms with Crippen LogP contribution in [0.1, 0.15) is 162 Å². The molecule has 0 aromatic rings. The molecular formula is C43H77O9P. The van der Waals surface area contributed by atoms with Gasteiger partial charge in [0.25, 0.3) is 0 Å². The van der Waals surface area contributed by atoms with E-state index >= 15 is 0 Å². The molecule has 0 aliphatic carbocycles. The van der Waals surface area contributed by atoms with Crippen molar-refractivity contribution in [2.75, 3.05) is 33.0 Å². The topological polar surface area (TPSA) is 132 Å². The van der Waals surface area contributed by atoms with Crippen LogP contribution in [0.3, 0.4) is 0 Å². The summed E-state index contributed by atoms with van der Waals surface area (Å²) in [5, 5.41) is 18.3. The van der Waals surface area contributed by atoms with Gasteiger partial charge in [-0.2, -0.15) is 0 Å². The van der Waals surface area contributed by atoms with Gasteiger partial charge in [-0.15, -0.1) is 0 Å². The molecule has 0 amide bonds. The molecule has 0 rings (SSSR count). The summed E-state index contributed by atoms with van der Waals surface area (Å²) in [4.78, 5) is 22.5. The quantitative estimate of drug-likeness (QED) is 0.0242. The Kier molecular flexibility index (Phi) is 38.5. The molecule has 3 unspecified atom stereocenters. The van der Waals surface area contributed by atoms with Crippen molar-refractivity contribution in [1.82, 2.24) is 0 Å². The van der Waals surface area contributed by atoms with Crippen molar-refractivity contribution >= 4 is 13.8 Å². The summed E-state index contributed by atoms with van der Waals surface area (Å²) in [7, 11) is -4.52. The third-order valence-corrected chi connectivity index (χ3v) is 9.39. The van der Waals surface area contributed by atoms with Crippen LogP contribution in [0.15, 0.2) is 60.8 Å². The summed E-state index contributed by atoms with van der Waals surface area (Å²) >= 11 is 0. The fourth-order valence-corrected chi connectivity index (χ4v) is 6.06. The molecule has 0 spiro atoms. The van der Waals surface area contributed by atoms with E-state index in [1.807, 2.05) is 0 Å². The van der Waals surface area contributed by atoms with Crippen LogP contribution in [-0.4, -0.2) is 66.3 Å². The van der Waals surface area contributed by atoms with E-state index in [-0.39, 0.29) is 19.6 Å². The number of hydrogen-bond acceptors (Lipinski definition) is 8. The molecule has 3 atom stereocenters. The molecule has 0 aliphatic heterocycles. The lowest BCUT2D eigenvalue weighted by molar-refractivity contribution is -0.154. The van der Waals surface area contributed by atoms with E-state index in [2.05, 4.69) is 74.6 Å². The lowest BCUT2D eigenvalue weighted by Crippen LogP contribution is -2.29. The molecule has 0 aromatic carbocycles. The Morgan fingerprint density at radius 2 is 1.08 bits per heavy atom. The van der Waals surface area contributed by atoms with E-state index in [4.69, 9.17) is 23.6 Å². The number of carbonyl (C=O) groups excluding carboxylic acids is 1. The molecule has 0 heterocycles. The Morgan fingerprint density at radius 3 is 1.62 bits per heavy atom. The first-order chi connectivity index (χ1) is 25.8. The Morgan fingerprint density at radius 1 is 0.604 bits per heavy atom. The predicted molar refractivity (Wildman–Crippen MR) is 219 cm³/mol. The molecule has 0 bridgehead atoms. The highest BCUT2D eigenvalue weighted by Crippen LogP contribution is 2.43. The first-order valence-corrected chi connectivity index (χ1v) is 22.3. The second kappa shape index (κ2) is 39.8. The van der Waals surface area contributed by atoms with Crippen LogP contribution in [0.25, 0.3) is 0 Å². The SMILES string of the molecule is CC/C=C\C/C=C\C/C=C\CCCCCCCCCC(=O)OC(COCCCCCCCC/C=C\C/C=C\CCCC)COP(=O)(O)OCC(O)CO. The molecule has 53 heavy (non-hydrogen) atoms. The van der Waals surface area contributed by atoms with Crippen molar-refractivity contribution in [3.05, 3.63) is 60.8 Å². The summed E-state index contributed by atoms with van der Waals surface area (Å²) in [6.45, 7) is 3.32. The average molecular weight is 769 g/mol. The standard InChI is InChI=1S/C43H77O9P/c1-3-5-7-9-11-13-15-17-19-20-21-23-25-27-29-31-33-35-43(46)52-42(40-51-53(47,48)50-38-41(45)37-44)39-49-36-34-32-30-28-26-24-22-18-16-14-12-10-8-6-4-2/h5,7,10-13,16-19,41-42,44-45H,3-4,6,8-9,14-15,20-40H2,1-2H3,(H,47,48)/b7-5-,12-10-,13-11-,18-16-,19-17-. The Labute approximate surface area is 323 Å². The molecule has 0 saturated carbocycles. The van der Waals surface area contributed by atoms with Gasteiger partial charge in [0.1, 0.15) is 12.2 Å². The van der Waals surface area contributed by atoms with E-state index in [9.17, 15) is 19.4 Å². The summed E-state index contributed by atoms with van der Waals surface area (Å²) in [5.74, 6) is -0.399. The highest BCUT2D eigenvalue weighted by atomic mass is 31.2. The fraction of sp³-hybridized carbons (Fsp3) is 0.744. The van der Waals surface area contributed by atoms with Crippen molar-refractivity contribution in [2.45, 2.75) is 174 Å². The Balaban J connectivity index is 4.24. The molecule has 0 fully saturated rings. The van der Waals surface area contributed by atoms with E-state index in [0.29, 0.717) is 13.0 Å². The number of carbonyl (C=O) groups is 1. The normalized spacial score (nSPS) is 14.7. The number of rotatable bonds is 39. The minimum Gasteiger partial charge on any atom is -0.457 e. The third-order valence-electron chi connectivity index (χ3n) is 8.44. The summed E-state index contributed by atoms with van der Waals surface area (Å²) in [5.41, 5.74) is 0. The van der Waals surface area contributed by atoms with Crippen molar-refractivity contribution in [3.8, 4) is 0 Å². The first-order valence-electron chi connectivity index (χ1n) is 20.8. The van der Waals surface area contributed by atoms with Crippen molar-refractivity contribution in [2.24, 2.45) is 0 Å². The van der Waals surface area contributed by atoms with Gasteiger partial charge < -0.3 is 24.6 Å². The third kappa shape index (κ3) is 39.7. The highest BCUT2D eigenvalue weighted by Gasteiger charge is 2.26. The van der Waals surface area contributed by atoms with Crippen LogP contribution < -0.4 is 0 Å². The second-order valence-corrected chi connectivity index (χ2v) is 15.1. The van der Waals surface area contributed by atoms with Gasteiger partial charge in [0.2, 0.25) is 0 Å². The van der Waals surface area contributed by atoms with Gasteiger partial charge >= 0.3 is 13.8 Å². The molecule has 3 N–H and O–H groups in total. The summed E-state index contributed by atoms with van der Waals surface area (Å²) < 4.78 is 33.3. The number of phosphoric acid groups is 1. The van der Waals surface area contributed by atoms with E-state index in [0.717, 1.165) is 77.0 Å². The van der Waals surface area contributed by atoms with Gasteiger partial charge in [0.15, 0.2) is 0 Å². The van der Waals surface area contributed by atoms with E-state index in [1.165, 1.54) is 57.8 Å². The summed E-state index contributed by atoms with van der Waals surface area (Å²) in [6.07, 6.45) is 44.6. The molecule has 0 saturated heterocycles. The van der Waals surface area contributed by atoms with Gasteiger partial charge in [-0.3, -0.25) is 13.8 Å². The molecule has 0 aliphatic rings. The van der Waals surface area contributed by atoms with Gasteiger partial charge in [-0.05, 0) is 70.6 Å². The maximum absolute atomic E-state index is 12.6. The largest absolute Gasteiger partial charge is 0.472 e. The van der Waals surface area contributed by atoms with Crippen molar-refractivity contribution in [3.63, 3.8) is 0 Å². The number of ether oxygens (including phenoxy) is 2. The zero-order valence-corrected chi connectivity index (χ0v) is 34.4. The fourth-order valence-electron chi connectivity index (χ4n) is 5.27. The van der Waals surface area contributed by atoms with Crippen LogP contribution >= 0.6 is 7.82 Å². The monoisotopic (exact) mass is 769 g/mol. The average Bonchev–Trinajstić information content (AvgIpc) is 3.15. The Hall–Kier alpha value is -1.84. The van der Waals surface area contributed by atoms with Gasteiger partial charge in [-0.25, -0.2) is 4.57 Å². The first kappa shape index (κ1) is 51.2. The lowest BCUT2D eigenvalue weighted by atomic mass is 10.1.